The molecule has 1 atom stereocenters. The van der Waals surface area contributed by atoms with Crippen molar-refractivity contribution >= 4 is 28.6 Å². The zero-order chi connectivity index (χ0) is 8.69. The predicted molar refractivity (Wildman–Crippen MR) is 50.8 cm³/mol. The molecular weight excluding hydrogens is 259 g/mol. The Balaban J connectivity index is 3.36. The van der Waals surface area contributed by atoms with Crippen LogP contribution in [0.5, 0.6) is 0 Å². The highest BCUT2D eigenvalue weighted by atomic mass is 127. The number of esters is 1. The van der Waals surface area contributed by atoms with Crippen molar-refractivity contribution in [3.8, 4) is 0 Å². The summed E-state index contributed by atoms with van der Waals surface area (Å²) in [5.74, 6) is -0.309. The Kier molecular flexibility index (Phi) is 6.94. The first-order valence-electron chi connectivity index (χ1n) is 3.60. The van der Waals surface area contributed by atoms with Gasteiger partial charge in [-0.15, -0.1) is 0 Å². The maximum atomic E-state index is 10.8. The minimum Gasteiger partial charge on any atom is -0.466 e. The smallest absolute Gasteiger partial charge is 0.308 e. The van der Waals surface area contributed by atoms with E-state index in [1.54, 1.807) is 0 Å². The van der Waals surface area contributed by atoms with E-state index in [0.29, 0.717) is 11.0 Å². The maximum absolute atomic E-state index is 10.8. The van der Waals surface area contributed by atoms with E-state index >= 15 is 0 Å². The molecule has 0 heterocycles. The van der Waals surface area contributed by atoms with Crippen molar-refractivity contribution in [3.63, 3.8) is 0 Å². The van der Waals surface area contributed by atoms with E-state index in [4.69, 9.17) is 9.84 Å². The molecule has 0 aliphatic heterocycles. The van der Waals surface area contributed by atoms with Crippen molar-refractivity contribution in [1.82, 2.24) is 0 Å². The summed E-state index contributed by atoms with van der Waals surface area (Å²) in [6.45, 7) is 2.38. The number of hydrogen-bond acceptors (Lipinski definition) is 3. The molecule has 0 aromatic rings. The lowest BCUT2D eigenvalue weighted by Crippen LogP contribution is -2.16. The van der Waals surface area contributed by atoms with E-state index in [1.807, 2.05) is 29.5 Å². The Morgan fingerprint density at radius 1 is 1.73 bits per heavy atom. The van der Waals surface area contributed by atoms with Crippen LogP contribution >= 0.6 is 22.6 Å². The summed E-state index contributed by atoms with van der Waals surface area (Å²) in [5, 5.41) is 9.02. The van der Waals surface area contributed by atoms with E-state index < -0.39 is 6.10 Å². The van der Waals surface area contributed by atoms with Gasteiger partial charge < -0.3 is 9.84 Å². The number of halogens is 1. The quantitative estimate of drug-likeness (QED) is 0.463. The van der Waals surface area contributed by atoms with Crippen molar-refractivity contribution in [2.75, 3.05) is 11.0 Å². The van der Waals surface area contributed by atoms with Crippen LogP contribution in [0.25, 0.3) is 0 Å². The van der Waals surface area contributed by atoms with E-state index in [0.717, 1.165) is 6.42 Å². The third kappa shape index (κ3) is 6.55. The molecule has 3 nitrogen and oxygen atoms in total. The zero-order valence-electron chi connectivity index (χ0n) is 6.55. The van der Waals surface area contributed by atoms with Gasteiger partial charge in [0.25, 0.3) is 0 Å². The van der Waals surface area contributed by atoms with Crippen LogP contribution in [0, 0.1) is 0 Å². The normalized spacial score (nSPS) is 12.6. The molecule has 0 aromatic carbocycles. The van der Waals surface area contributed by atoms with Crippen LogP contribution in [0.1, 0.15) is 19.8 Å². The van der Waals surface area contributed by atoms with Gasteiger partial charge >= 0.3 is 5.97 Å². The molecule has 0 radical (unpaired) electrons. The van der Waals surface area contributed by atoms with Crippen LogP contribution in [0.15, 0.2) is 0 Å². The fourth-order valence-corrected chi connectivity index (χ4v) is 0.833. The van der Waals surface area contributed by atoms with Gasteiger partial charge in [-0.25, -0.2) is 0 Å². The van der Waals surface area contributed by atoms with Crippen LogP contribution in [0.4, 0.5) is 0 Å². The number of aliphatic hydroxyl groups excluding tert-OH is 1. The first kappa shape index (κ1) is 11.2. The van der Waals surface area contributed by atoms with E-state index in [2.05, 4.69) is 0 Å². The first-order valence-corrected chi connectivity index (χ1v) is 5.13. The largest absolute Gasteiger partial charge is 0.466 e. The van der Waals surface area contributed by atoms with Crippen molar-refractivity contribution < 1.29 is 14.6 Å². The minimum atomic E-state index is -0.556. The second-order valence-corrected chi connectivity index (χ2v) is 3.11. The molecule has 0 amide bonds. The minimum absolute atomic E-state index is 0.114. The van der Waals surface area contributed by atoms with Crippen molar-refractivity contribution in [1.29, 1.82) is 0 Å². The van der Waals surface area contributed by atoms with Gasteiger partial charge in [0.1, 0.15) is 0 Å². The van der Waals surface area contributed by atoms with Gasteiger partial charge in [0.2, 0.25) is 0 Å². The molecule has 66 valence electrons. The van der Waals surface area contributed by atoms with Crippen LogP contribution in [-0.4, -0.2) is 28.2 Å². The highest BCUT2D eigenvalue weighted by Crippen LogP contribution is 1.98. The molecule has 0 aliphatic carbocycles. The Labute approximate surface area is 80.3 Å². The van der Waals surface area contributed by atoms with Gasteiger partial charge in [0.05, 0.1) is 19.1 Å². The van der Waals surface area contributed by atoms with Gasteiger partial charge in [-0.1, -0.05) is 29.5 Å². The molecule has 0 saturated heterocycles. The topological polar surface area (TPSA) is 46.5 Å². The van der Waals surface area contributed by atoms with Crippen LogP contribution in [0.3, 0.4) is 0 Å². The van der Waals surface area contributed by atoms with Crippen LogP contribution in [-0.2, 0) is 9.53 Å². The number of carbonyl (C=O) groups excluding carboxylic acids is 1. The van der Waals surface area contributed by atoms with Crippen LogP contribution in [0.2, 0.25) is 0 Å². The second kappa shape index (κ2) is 6.84. The fourth-order valence-electron chi connectivity index (χ4n) is 0.522. The SMILES string of the molecule is CCCOC(=O)C[C@@H](O)CI. The molecular formula is C7H13IO3. The molecule has 4 heteroatoms. The van der Waals surface area contributed by atoms with Crippen LogP contribution < -0.4 is 0 Å². The predicted octanol–water partition coefficient (Wildman–Crippen LogP) is 1.13. The molecule has 0 unspecified atom stereocenters. The molecule has 11 heavy (non-hydrogen) atoms. The average Bonchev–Trinajstić information content (AvgIpc) is 2.00. The summed E-state index contributed by atoms with van der Waals surface area (Å²) in [6, 6.07) is 0. The fraction of sp³-hybridized carbons (Fsp3) is 0.857. The molecule has 0 bridgehead atoms. The molecule has 0 spiro atoms. The summed E-state index contributed by atoms with van der Waals surface area (Å²) in [4.78, 5) is 10.8. The van der Waals surface area contributed by atoms with Crippen molar-refractivity contribution in [2.45, 2.75) is 25.9 Å². The first-order chi connectivity index (χ1) is 5.20. The van der Waals surface area contributed by atoms with Gasteiger partial charge in [0, 0.05) is 4.43 Å². The molecule has 0 rings (SSSR count). The van der Waals surface area contributed by atoms with Gasteiger partial charge in [-0.3, -0.25) is 4.79 Å². The van der Waals surface area contributed by atoms with Gasteiger partial charge in [-0.2, -0.15) is 0 Å². The zero-order valence-corrected chi connectivity index (χ0v) is 8.70. The number of hydrogen-bond donors (Lipinski definition) is 1. The molecule has 0 aromatic heterocycles. The number of ether oxygens (including phenoxy) is 1. The van der Waals surface area contributed by atoms with Gasteiger partial charge in [-0.05, 0) is 6.42 Å². The summed E-state index contributed by atoms with van der Waals surface area (Å²) in [5.41, 5.74) is 0. The summed E-state index contributed by atoms with van der Waals surface area (Å²) in [6.07, 6.45) is 0.384. The van der Waals surface area contributed by atoms with E-state index in [-0.39, 0.29) is 12.4 Å². The Morgan fingerprint density at radius 3 is 2.82 bits per heavy atom. The summed E-state index contributed by atoms with van der Waals surface area (Å²) >= 11 is 2.03. The summed E-state index contributed by atoms with van der Waals surface area (Å²) in [7, 11) is 0. The maximum Gasteiger partial charge on any atom is 0.308 e. The highest BCUT2D eigenvalue weighted by molar-refractivity contribution is 14.1. The summed E-state index contributed by atoms with van der Waals surface area (Å²) < 4.78 is 5.33. The Bertz CT molecular complexity index is 116. The molecule has 0 saturated carbocycles. The lowest BCUT2D eigenvalue weighted by molar-refractivity contribution is -0.145. The lowest BCUT2D eigenvalue weighted by Gasteiger charge is -2.05. The second-order valence-electron chi connectivity index (χ2n) is 2.23. The Morgan fingerprint density at radius 2 is 2.36 bits per heavy atom. The third-order valence-electron chi connectivity index (χ3n) is 1.05. The van der Waals surface area contributed by atoms with Gasteiger partial charge in [0.15, 0.2) is 0 Å². The number of rotatable bonds is 5. The third-order valence-corrected chi connectivity index (χ3v) is 2.06. The van der Waals surface area contributed by atoms with E-state index in [9.17, 15) is 4.79 Å². The van der Waals surface area contributed by atoms with Crippen molar-refractivity contribution in [2.24, 2.45) is 0 Å². The standard InChI is InChI=1S/C7H13IO3/c1-2-3-11-7(10)4-6(9)5-8/h6,9H,2-5H2,1H3/t6-/m1/s1. The lowest BCUT2D eigenvalue weighted by atomic mass is 10.3. The molecule has 0 fully saturated rings. The monoisotopic (exact) mass is 272 g/mol. The number of aliphatic hydroxyl groups is 1. The number of carbonyl (C=O) groups is 1. The van der Waals surface area contributed by atoms with Crippen molar-refractivity contribution in [3.05, 3.63) is 0 Å². The highest BCUT2D eigenvalue weighted by Gasteiger charge is 2.09. The average molecular weight is 272 g/mol. The molecule has 0 aliphatic rings. The van der Waals surface area contributed by atoms with E-state index in [1.165, 1.54) is 0 Å². The molecule has 1 N–H and O–H groups in total. The Hall–Kier alpha value is 0.160. The number of alkyl halides is 1.